The first-order chi connectivity index (χ1) is 8.47. The molecule has 0 aromatic heterocycles. The van der Waals surface area contributed by atoms with E-state index in [2.05, 4.69) is 0 Å². The molecule has 0 bridgehead atoms. The van der Waals surface area contributed by atoms with Crippen LogP contribution >= 0.6 is 11.6 Å². The Morgan fingerprint density at radius 2 is 2.00 bits per heavy atom. The molecule has 0 heterocycles. The van der Waals surface area contributed by atoms with Crippen LogP contribution in [0.4, 0.5) is 0 Å². The van der Waals surface area contributed by atoms with E-state index >= 15 is 0 Å². The van der Waals surface area contributed by atoms with Gasteiger partial charge in [0, 0.05) is 10.6 Å². The van der Waals surface area contributed by atoms with E-state index in [1.807, 2.05) is 0 Å². The van der Waals surface area contributed by atoms with Crippen molar-refractivity contribution in [2.24, 2.45) is 5.92 Å². The third kappa shape index (κ3) is 3.40. The Morgan fingerprint density at radius 3 is 2.50 bits per heavy atom. The summed E-state index contributed by atoms with van der Waals surface area (Å²) < 4.78 is 4.72. The molecule has 0 N–H and O–H groups in total. The molecule has 0 radical (unpaired) electrons. The van der Waals surface area contributed by atoms with E-state index in [4.69, 9.17) is 16.3 Å². The number of hydrogen-bond acceptors (Lipinski definition) is 4. The van der Waals surface area contributed by atoms with Crippen molar-refractivity contribution in [3.63, 3.8) is 0 Å². The Bertz CT molecular complexity index is 482. The number of benzene rings is 1. The fourth-order valence-electron chi connectivity index (χ4n) is 1.49. The monoisotopic (exact) mass is 268 g/mol. The minimum Gasteiger partial charge on any atom is -0.465 e. The van der Waals surface area contributed by atoms with E-state index in [1.54, 1.807) is 19.1 Å². The summed E-state index contributed by atoms with van der Waals surface area (Å²) in [7, 11) is 0. The molecular weight excluding hydrogens is 256 g/mol. The van der Waals surface area contributed by atoms with E-state index in [-0.39, 0.29) is 12.2 Å². The third-order valence-electron chi connectivity index (χ3n) is 2.30. The van der Waals surface area contributed by atoms with E-state index in [1.165, 1.54) is 19.1 Å². The normalized spacial score (nSPS) is 11.7. The molecule has 0 saturated carbocycles. The summed E-state index contributed by atoms with van der Waals surface area (Å²) in [6.07, 6.45) is 0. The first kappa shape index (κ1) is 14.4. The third-order valence-corrected chi connectivity index (χ3v) is 2.54. The molecule has 96 valence electrons. The van der Waals surface area contributed by atoms with Crippen LogP contribution in [0.15, 0.2) is 24.3 Å². The largest absolute Gasteiger partial charge is 0.465 e. The molecular formula is C13H13ClO4. The summed E-state index contributed by atoms with van der Waals surface area (Å²) in [4.78, 5) is 35.1. The molecule has 0 aliphatic rings. The zero-order valence-electron chi connectivity index (χ0n) is 10.1. The number of esters is 1. The highest BCUT2D eigenvalue weighted by Gasteiger charge is 2.33. The molecule has 1 unspecified atom stereocenters. The van der Waals surface area contributed by atoms with Gasteiger partial charge in [0.25, 0.3) is 0 Å². The molecule has 0 aliphatic carbocycles. The van der Waals surface area contributed by atoms with Gasteiger partial charge in [0.15, 0.2) is 17.5 Å². The summed E-state index contributed by atoms with van der Waals surface area (Å²) in [6, 6.07) is 6.10. The van der Waals surface area contributed by atoms with Gasteiger partial charge in [-0.05, 0) is 26.0 Å². The minimum atomic E-state index is -1.41. The summed E-state index contributed by atoms with van der Waals surface area (Å²) in [5.41, 5.74) is 0.218. The number of hydrogen-bond donors (Lipinski definition) is 0. The standard InChI is InChI=1S/C13H13ClO4/c1-3-18-13(17)11(8(2)15)12(16)9-5-4-6-10(14)7-9/h4-7,11H,3H2,1-2H3. The van der Waals surface area contributed by atoms with E-state index in [9.17, 15) is 14.4 Å². The van der Waals surface area contributed by atoms with Crippen LogP contribution in [0.1, 0.15) is 24.2 Å². The molecule has 0 amide bonds. The topological polar surface area (TPSA) is 60.4 Å². The highest BCUT2D eigenvalue weighted by Crippen LogP contribution is 2.16. The Balaban J connectivity index is 3.04. The average Bonchev–Trinajstić information content (AvgIpc) is 2.28. The molecule has 18 heavy (non-hydrogen) atoms. The number of ether oxygens (including phenoxy) is 1. The van der Waals surface area contributed by atoms with Crippen molar-refractivity contribution in [1.29, 1.82) is 0 Å². The molecule has 0 saturated heterocycles. The highest BCUT2D eigenvalue weighted by molar-refractivity contribution is 6.31. The van der Waals surface area contributed by atoms with Gasteiger partial charge in [-0.15, -0.1) is 0 Å². The molecule has 4 nitrogen and oxygen atoms in total. The zero-order valence-corrected chi connectivity index (χ0v) is 10.9. The lowest BCUT2D eigenvalue weighted by atomic mass is 9.94. The highest BCUT2D eigenvalue weighted by atomic mass is 35.5. The Morgan fingerprint density at radius 1 is 1.33 bits per heavy atom. The fourth-order valence-corrected chi connectivity index (χ4v) is 1.68. The van der Waals surface area contributed by atoms with Crippen molar-refractivity contribution in [1.82, 2.24) is 0 Å². The van der Waals surface area contributed by atoms with Gasteiger partial charge >= 0.3 is 5.97 Å². The lowest BCUT2D eigenvalue weighted by molar-refractivity contribution is -0.148. The van der Waals surface area contributed by atoms with Gasteiger partial charge < -0.3 is 4.74 Å². The van der Waals surface area contributed by atoms with Crippen molar-refractivity contribution >= 4 is 29.1 Å². The van der Waals surface area contributed by atoms with Gasteiger partial charge in [-0.1, -0.05) is 23.7 Å². The molecule has 1 aromatic carbocycles. The van der Waals surface area contributed by atoms with Gasteiger partial charge in [-0.3, -0.25) is 14.4 Å². The second-order valence-electron chi connectivity index (χ2n) is 3.67. The molecule has 1 rings (SSSR count). The lowest BCUT2D eigenvalue weighted by Gasteiger charge is -2.11. The van der Waals surface area contributed by atoms with Gasteiger partial charge in [0.2, 0.25) is 0 Å². The Labute approximate surface area is 110 Å². The maximum Gasteiger partial charge on any atom is 0.324 e. The maximum atomic E-state index is 12.1. The van der Waals surface area contributed by atoms with Crippen LogP contribution in [0.2, 0.25) is 5.02 Å². The van der Waals surface area contributed by atoms with Crippen LogP contribution in [0.3, 0.4) is 0 Å². The van der Waals surface area contributed by atoms with Crippen molar-refractivity contribution in [2.75, 3.05) is 6.61 Å². The quantitative estimate of drug-likeness (QED) is 0.467. The molecule has 0 fully saturated rings. The molecule has 1 atom stereocenters. The second kappa shape index (κ2) is 6.31. The van der Waals surface area contributed by atoms with Gasteiger partial charge in [-0.2, -0.15) is 0 Å². The minimum absolute atomic E-state index is 0.117. The van der Waals surface area contributed by atoms with Crippen LogP contribution in [0.25, 0.3) is 0 Å². The summed E-state index contributed by atoms with van der Waals surface area (Å²) in [6.45, 7) is 2.91. The van der Waals surface area contributed by atoms with Crippen LogP contribution in [0, 0.1) is 5.92 Å². The number of carbonyl (C=O) groups excluding carboxylic acids is 3. The number of carbonyl (C=O) groups is 3. The summed E-state index contributed by atoms with van der Waals surface area (Å²) >= 11 is 5.76. The van der Waals surface area contributed by atoms with Crippen LogP contribution < -0.4 is 0 Å². The predicted octanol–water partition coefficient (Wildman–Crippen LogP) is 2.29. The molecule has 0 spiro atoms. The summed E-state index contributed by atoms with van der Waals surface area (Å²) in [5.74, 6) is -3.37. The number of halogens is 1. The fraction of sp³-hybridized carbons (Fsp3) is 0.308. The average molecular weight is 269 g/mol. The van der Waals surface area contributed by atoms with E-state index in [0.717, 1.165) is 0 Å². The first-order valence-corrected chi connectivity index (χ1v) is 5.82. The number of rotatable bonds is 5. The second-order valence-corrected chi connectivity index (χ2v) is 4.11. The van der Waals surface area contributed by atoms with Crippen molar-refractivity contribution < 1.29 is 19.1 Å². The Hall–Kier alpha value is -1.68. The molecule has 1 aromatic rings. The summed E-state index contributed by atoms with van der Waals surface area (Å²) in [5, 5.41) is 0.368. The Kier molecular flexibility index (Phi) is 5.04. The van der Waals surface area contributed by atoms with Crippen molar-refractivity contribution in [3.05, 3.63) is 34.9 Å². The van der Waals surface area contributed by atoms with Crippen LogP contribution in [0.5, 0.6) is 0 Å². The number of ketones is 2. The van der Waals surface area contributed by atoms with Crippen molar-refractivity contribution in [3.8, 4) is 0 Å². The number of Topliss-reactive ketones (excluding diaryl/α,β-unsaturated/α-hetero) is 2. The first-order valence-electron chi connectivity index (χ1n) is 5.44. The van der Waals surface area contributed by atoms with Gasteiger partial charge in [-0.25, -0.2) is 0 Å². The van der Waals surface area contributed by atoms with Crippen LogP contribution in [-0.4, -0.2) is 24.1 Å². The maximum absolute atomic E-state index is 12.1. The molecule has 0 aliphatic heterocycles. The predicted molar refractivity (Wildman–Crippen MR) is 66.6 cm³/mol. The van der Waals surface area contributed by atoms with E-state index < -0.39 is 23.5 Å². The smallest absolute Gasteiger partial charge is 0.324 e. The van der Waals surface area contributed by atoms with Gasteiger partial charge in [0.1, 0.15) is 0 Å². The van der Waals surface area contributed by atoms with E-state index in [0.29, 0.717) is 5.02 Å². The van der Waals surface area contributed by atoms with Crippen molar-refractivity contribution in [2.45, 2.75) is 13.8 Å². The van der Waals surface area contributed by atoms with Gasteiger partial charge in [0.05, 0.1) is 6.61 Å². The van der Waals surface area contributed by atoms with Crippen LogP contribution in [-0.2, 0) is 14.3 Å². The SMILES string of the molecule is CCOC(=O)C(C(C)=O)C(=O)c1cccc(Cl)c1. The molecule has 5 heteroatoms. The lowest BCUT2D eigenvalue weighted by Crippen LogP contribution is -2.32. The zero-order chi connectivity index (χ0) is 13.7.